The number of carboxylic acids is 1. The highest BCUT2D eigenvalue weighted by Crippen LogP contribution is 2.18. The Labute approximate surface area is 116 Å². The first-order valence-electron chi connectivity index (χ1n) is 6.35. The Morgan fingerprint density at radius 3 is 2.95 bits per heavy atom. The van der Waals surface area contributed by atoms with E-state index < -0.39 is 24.1 Å². The van der Waals surface area contributed by atoms with Gasteiger partial charge in [-0.15, -0.1) is 0 Å². The normalized spacial score (nSPS) is 21.8. The number of rotatable bonds is 3. The minimum atomic E-state index is -1.11. The number of aromatic nitrogens is 1. The summed E-state index contributed by atoms with van der Waals surface area (Å²) in [7, 11) is 0. The minimum absolute atomic E-state index is 0.0317. The van der Waals surface area contributed by atoms with Crippen LogP contribution in [0, 0.1) is 6.92 Å². The second-order valence-electron chi connectivity index (χ2n) is 4.82. The molecule has 0 aliphatic carbocycles. The summed E-state index contributed by atoms with van der Waals surface area (Å²) in [6, 6.07) is 2.21. The lowest BCUT2D eigenvalue weighted by Gasteiger charge is -2.21. The fraction of sp³-hybridized carbons (Fsp3) is 0.462. The number of carbonyl (C=O) groups excluding carboxylic acids is 1. The van der Waals surface area contributed by atoms with Gasteiger partial charge in [0.1, 0.15) is 6.04 Å². The molecule has 1 fully saturated rings. The maximum atomic E-state index is 12.0. The molecule has 3 N–H and O–H groups in total. The third-order valence-corrected chi connectivity index (χ3v) is 3.35. The van der Waals surface area contributed by atoms with Crippen LogP contribution >= 0.6 is 0 Å². The van der Waals surface area contributed by atoms with E-state index in [2.05, 4.69) is 10.3 Å². The summed E-state index contributed by atoms with van der Waals surface area (Å²) in [5.41, 5.74) is 1.68. The molecule has 1 aromatic rings. The van der Waals surface area contributed by atoms with Gasteiger partial charge in [0.25, 0.3) is 0 Å². The van der Waals surface area contributed by atoms with Crippen LogP contribution in [-0.2, 0) is 11.3 Å². The Hall–Kier alpha value is -2.15. The van der Waals surface area contributed by atoms with Gasteiger partial charge in [-0.3, -0.25) is 4.98 Å². The molecule has 0 spiro atoms. The molecular formula is C13H17N3O4. The average Bonchev–Trinajstić information content (AvgIpc) is 2.80. The number of nitrogens with zero attached hydrogens (tertiary/aromatic N) is 2. The molecule has 0 saturated carbocycles. The Morgan fingerprint density at radius 1 is 1.55 bits per heavy atom. The predicted molar refractivity (Wildman–Crippen MR) is 70.0 cm³/mol. The molecule has 0 unspecified atom stereocenters. The van der Waals surface area contributed by atoms with Crippen molar-refractivity contribution in [1.29, 1.82) is 0 Å². The van der Waals surface area contributed by atoms with Crippen LogP contribution in [0.5, 0.6) is 0 Å². The van der Waals surface area contributed by atoms with Crippen LogP contribution in [0.3, 0.4) is 0 Å². The van der Waals surface area contributed by atoms with E-state index in [0.717, 1.165) is 16.2 Å². The SMILES string of the molecule is Cc1cccnc1CNC(=O)N1C[C@@H](O)C[C@H]1C(=O)O. The van der Waals surface area contributed by atoms with Gasteiger partial charge in [-0.2, -0.15) is 0 Å². The fourth-order valence-corrected chi connectivity index (χ4v) is 2.24. The van der Waals surface area contributed by atoms with E-state index in [-0.39, 0.29) is 19.5 Å². The number of amides is 2. The first kappa shape index (κ1) is 14.3. The lowest BCUT2D eigenvalue weighted by Crippen LogP contribution is -2.46. The summed E-state index contributed by atoms with van der Waals surface area (Å²) in [6.45, 7) is 2.14. The number of aliphatic hydroxyl groups excluding tert-OH is 1. The van der Waals surface area contributed by atoms with Crippen molar-refractivity contribution >= 4 is 12.0 Å². The molecule has 1 aliphatic heterocycles. The van der Waals surface area contributed by atoms with E-state index in [0.29, 0.717) is 0 Å². The highest BCUT2D eigenvalue weighted by molar-refractivity contribution is 5.83. The van der Waals surface area contributed by atoms with Crippen molar-refractivity contribution in [3.63, 3.8) is 0 Å². The number of urea groups is 1. The number of carbonyl (C=O) groups is 2. The van der Waals surface area contributed by atoms with Crippen LogP contribution in [0.2, 0.25) is 0 Å². The van der Waals surface area contributed by atoms with E-state index in [1.165, 1.54) is 0 Å². The van der Waals surface area contributed by atoms with E-state index in [1.807, 2.05) is 13.0 Å². The van der Waals surface area contributed by atoms with Crippen molar-refractivity contribution in [3.05, 3.63) is 29.6 Å². The molecule has 1 aromatic heterocycles. The highest BCUT2D eigenvalue weighted by Gasteiger charge is 2.38. The van der Waals surface area contributed by atoms with Crippen molar-refractivity contribution in [2.45, 2.75) is 32.0 Å². The molecule has 20 heavy (non-hydrogen) atoms. The van der Waals surface area contributed by atoms with E-state index in [4.69, 9.17) is 5.11 Å². The van der Waals surface area contributed by atoms with Crippen LogP contribution < -0.4 is 5.32 Å². The Morgan fingerprint density at radius 2 is 2.30 bits per heavy atom. The fourth-order valence-electron chi connectivity index (χ4n) is 2.24. The van der Waals surface area contributed by atoms with Crippen molar-refractivity contribution < 1.29 is 19.8 Å². The summed E-state index contributed by atoms with van der Waals surface area (Å²) in [5.74, 6) is -1.11. The lowest BCUT2D eigenvalue weighted by molar-refractivity contribution is -0.141. The first-order valence-corrected chi connectivity index (χ1v) is 6.35. The topological polar surface area (TPSA) is 103 Å². The number of likely N-dealkylation sites (tertiary alicyclic amines) is 1. The molecule has 7 nitrogen and oxygen atoms in total. The van der Waals surface area contributed by atoms with Gasteiger partial charge in [-0.05, 0) is 18.6 Å². The largest absolute Gasteiger partial charge is 0.480 e. The van der Waals surface area contributed by atoms with E-state index in [1.54, 1.807) is 12.3 Å². The minimum Gasteiger partial charge on any atom is -0.480 e. The first-order chi connectivity index (χ1) is 9.49. The second kappa shape index (κ2) is 5.87. The van der Waals surface area contributed by atoms with Gasteiger partial charge in [0.05, 0.1) is 18.3 Å². The summed E-state index contributed by atoms with van der Waals surface area (Å²) in [5, 5.41) is 21.2. The summed E-state index contributed by atoms with van der Waals surface area (Å²) in [4.78, 5) is 28.3. The van der Waals surface area contributed by atoms with Crippen molar-refractivity contribution in [2.75, 3.05) is 6.54 Å². The number of β-amino-alcohol motifs (C(OH)–C–C–N with tert-alkyl or cyclic N) is 1. The van der Waals surface area contributed by atoms with Crippen LogP contribution in [0.15, 0.2) is 18.3 Å². The molecule has 2 rings (SSSR count). The zero-order chi connectivity index (χ0) is 14.7. The van der Waals surface area contributed by atoms with E-state index in [9.17, 15) is 14.7 Å². The second-order valence-corrected chi connectivity index (χ2v) is 4.82. The van der Waals surface area contributed by atoms with Crippen LogP contribution in [0.25, 0.3) is 0 Å². The molecule has 2 amide bonds. The molecule has 108 valence electrons. The molecule has 7 heteroatoms. The van der Waals surface area contributed by atoms with Gasteiger partial charge in [-0.25, -0.2) is 9.59 Å². The number of aliphatic carboxylic acids is 1. The molecular weight excluding hydrogens is 262 g/mol. The Kier molecular flexibility index (Phi) is 4.19. The number of carboxylic acid groups (broad SMARTS) is 1. The molecule has 2 heterocycles. The van der Waals surface area contributed by atoms with Gasteiger partial charge in [0, 0.05) is 19.2 Å². The highest BCUT2D eigenvalue weighted by atomic mass is 16.4. The van der Waals surface area contributed by atoms with Gasteiger partial charge >= 0.3 is 12.0 Å². The summed E-state index contributed by atoms with van der Waals surface area (Å²) in [6.07, 6.45) is 0.901. The van der Waals surface area contributed by atoms with Gasteiger partial charge in [0.15, 0.2) is 0 Å². The number of hydrogen-bond donors (Lipinski definition) is 3. The molecule has 2 atom stereocenters. The zero-order valence-corrected chi connectivity index (χ0v) is 11.1. The molecule has 0 bridgehead atoms. The van der Waals surface area contributed by atoms with Crippen LogP contribution in [0.1, 0.15) is 17.7 Å². The third-order valence-electron chi connectivity index (χ3n) is 3.35. The summed E-state index contributed by atoms with van der Waals surface area (Å²) >= 11 is 0. The maximum Gasteiger partial charge on any atom is 0.326 e. The maximum absolute atomic E-state index is 12.0. The number of nitrogens with one attached hydrogen (secondary N) is 1. The average molecular weight is 279 g/mol. The smallest absolute Gasteiger partial charge is 0.326 e. The van der Waals surface area contributed by atoms with Gasteiger partial charge < -0.3 is 20.4 Å². The Bertz CT molecular complexity index is 520. The molecule has 0 aromatic carbocycles. The number of pyridine rings is 1. The number of aliphatic hydroxyl groups is 1. The zero-order valence-electron chi connectivity index (χ0n) is 11.1. The Balaban J connectivity index is 1.98. The molecule has 1 saturated heterocycles. The standard InChI is InChI=1S/C13H17N3O4/c1-8-3-2-4-14-10(8)6-15-13(20)16-7-9(17)5-11(16)12(18)19/h2-4,9,11,17H,5-7H2,1H3,(H,15,20)(H,18,19)/t9-,11-/m0/s1. The predicted octanol–water partition coefficient (Wildman–Crippen LogP) is 0.119. The summed E-state index contributed by atoms with van der Waals surface area (Å²) < 4.78 is 0. The number of aryl methyl sites for hydroxylation is 1. The van der Waals surface area contributed by atoms with Gasteiger partial charge in [0.2, 0.25) is 0 Å². The quantitative estimate of drug-likeness (QED) is 0.729. The van der Waals surface area contributed by atoms with Gasteiger partial charge in [-0.1, -0.05) is 6.07 Å². The van der Waals surface area contributed by atoms with Crippen LogP contribution in [-0.4, -0.2) is 50.8 Å². The number of hydrogen-bond acceptors (Lipinski definition) is 4. The van der Waals surface area contributed by atoms with Crippen LogP contribution in [0.4, 0.5) is 4.79 Å². The monoisotopic (exact) mass is 279 g/mol. The van der Waals surface area contributed by atoms with E-state index >= 15 is 0 Å². The lowest BCUT2D eigenvalue weighted by atomic mass is 10.2. The molecule has 1 aliphatic rings. The third kappa shape index (κ3) is 3.05. The van der Waals surface area contributed by atoms with Crippen molar-refractivity contribution in [2.24, 2.45) is 0 Å². The van der Waals surface area contributed by atoms with Crippen molar-refractivity contribution in [3.8, 4) is 0 Å². The van der Waals surface area contributed by atoms with Crippen molar-refractivity contribution in [1.82, 2.24) is 15.2 Å². The molecule has 0 radical (unpaired) electrons.